The van der Waals surface area contributed by atoms with Gasteiger partial charge in [-0.25, -0.2) is 17.2 Å². The van der Waals surface area contributed by atoms with Gasteiger partial charge >= 0.3 is 0 Å². The van der Waals surface area contributed by atoms with Gasteiger partial charge in [-0.15, -0.1) is 0 Å². The van der Waals surface area contributed by atoms with Gasteiger partial charge in [0.05, 0.1) is 13.2 Å². The summed E-state index contributed by atoms with van der Waals surface area (Å²) in [6, 6.07) is 2.10. The SMILES string of the molecule is O=S(=O)(c1cccnc1)N1CC(N2CC(F)(F)C[C@H]2CO)C1. The van der Waals surface area contributed by atoms with Crippen LogP contribution in [0.2, 0.25) is 0 Å². The lowest BCUT2D eigenvalue weighted by Crippen LogP contribution is -2.62. The van der Waals surface area contributed by atoms with Crippen molar-refractivity contribution in [2.75, 3.05) is 26.2 Å². The first-order valence-electron chi connectivity index (χ1n) is 6.98. The standard InChI is InChI=1S/C13H17F2N3O3S/c14-13(15)4-10(8-19)18(9-13)11-6-17(7-11)22(20,21)12-2-1-3-16-5-12/h1-3,5,10-11,19H,4,6-9H2/t10-/m0/s1. The maximum atomic E-state index is 13.5. The number of aliphatic hydroxyl groups is 1. The van der Waals surface area contributed by atoms with E-state index in [9.17, 15) is 22.3 Å². The Labute approximate surface area is 127 Å². The van der Waals surface area contributed by atoms with E-state index in [1.165, 1.54) is 33.7 Å². The molecule has 0 radical (unpaired) electrons. The molecular formula is C13H17F2N3O3S. The van der Waals surface area contributed by atoms with Gasteiger partial charge in [-0.05, 0) is 12.1 Å². The van der Waals surface area contributed by atoms with E-state index in [-0.39, 0.29) is 37.1 Å². The van der Waals surface area contributed by atoms with Crippen LogP contribution in [-0.4, -0.2) is 72.0 Å². The number of halogens is 2. The third-order valence-electron chi connectivity index (χ3n) is 4.20. The Morgan fingerprint density at radius 2 is 2.14 bits per heavy atom. The van der Waals surface area contributed by atoms with E-state index in [2.05, 4.69) is 4.98 Å². The lowest BCUT2D eigenvalue weighted by atomic mass is 10.1. The molecule has 1 atom stereocenters. The van der Waals surface area contributed by atoms with Crippen molar-refractivity contribution in [3.8, 4) is 0 Å². The number of sulfonamides is 1. The van der Waals surface area contributed by atoms with Gasteiger partial charge in [-0.3, -0.25) is 9.88 Å². The largest absolute Gasteiger partial charge is 0.395 e. The predicted molar refractivity (Wildman–Crippen MR) is 73.9 cm³/mol. The van der Waals surface area contributed by atoms with Gasteiger partial charge in [0.25, 0.3) is 5.92 Å². The summed E-state index contributed by atoms with van der Waals surface area (Å²) in [5.74, 6) is -2.82. The van der Waals surface area contributed by atoms with Crippen LogP contribution in [0.15, 0.2) is 29.4 Å². The normalized spacial score (nSPS) is 27.0. The zero-order valence-corrected chi connectivity index (χ0v) is 12.6. The van der Waals surface area contributed by atoms with Crippen molar-refractivity contribution in [1.82, 2.24) is 14.2 Å². The quantitative estimate of drug-likeness (QED) is 0.849. The van der Waals surface area contributed by atoms with E-state index in [0.29, 0.717) is 0 Å². The maximum absolute atomic E-state index is 13.5. The number of rotatable bonds is 4. The lowest BCUT2D eigenvalue weighted by Gasteiger charge is -2.44. The second kappa shape index (κ2) is 5.48. The number of aromatic nitrogens is 1. The lowest BCUT2D eigenvalue weighted by molar-refractivity contribution is -0.00245. The summed E-state index contributed by atoms with van der Waals surface area (Å²) in [5.41, 5.74) is 0. The van der Waals surface area contributed by atoms with Crippen molar-refractivity contribution in [3.63, 3.8) is 0 Å². The van der Waals surface area contributed by atoms with E-state index in [1.807, 2.05) is 0 Å². The zero-order chi connectivity index (χ0) is 16.0. The molecule has 3 heterocycles. The number of hydrogen-bond acceptors (Lipinski definition) is 5. The van der Waals surface area contributed by atoms with Crippen molar-refractivity contribution < 1.29 is 22.3 Å². The fourth-order valence-corrected chi connectivity index (χ4v) is 4.47. The molecular weight excluding hydrogens is 316 g/mol. The van der Waals surface area contributed by atoms with Crippen LogP contribution < -0.4 is 0 Å². The van der Waals surface area contributed by atoms with Gasteiger partial charge in [0.1, 0.15) is 4.90 Å². The number of hydrogen-bond donors (Lipinski definition) is 1. The second-order valence-electron chi connectivity index (χ2n) is 5.73. The van der Waals surface area contributed by atoms with Crippen LogP contribution in [0.25, 0.3) is 0 Å². The molecule has 2 aliphatic heterocycles. The molecule has 6 nitrogen and oxygen atoms in total. The summed E-state index contributed by atoms with van der Waals surface area (Å²) < 4.78 is 52.8. The number of nitrogens with zero attached hydrogens (tertiary/aromatic N) is 3. The molecule has 0 aromatic carbocycles. The highest BCUT2D eigenvalue weighted by atomic mass is 32.2. The predicted octanol–water partition coefficient (Wildman–Crippen LogP) is 0.156. The molecule has 0 amide bonds. The summed E-state index contributed by atoms with van der Waals surface area (Å²) >= 11 is 0. The van der Waals surface area contributed by atoms with Gasteiger partial charge < -0.3 is 5.11 Å². The summed E-state index contributed by atoms with van der Waals surface area (Å²) in [4.78, 5) is 5.40. The topological polar surface area (TPSA) is 73.7 Å². The molecule has 9 heteroatoms. The highest BCUT2D eigenvalue weighted by Crippen LogP contribution is 2.36. The first-order chi connectivity index (χ1) is 10.3. The van der Waals surface area contributed by atoms with Crippen molar-refractivity contribution >= 4 is 10.0 Å². The van der Waals surface area contributed by atoms with Crippen LogP contribution in [0.5, 0.6) is 0 Å². The molecule has 1 aromatic heterocycles. The fraction of sp³-hybridized carbons (Fsp3) is 0.615. The Hall–Kier alpha value is -1.16. The van der Waals surface area contributed by atoms with Crippen LogP contribution in [0.4, 0.5) is 8.78 Å². The molecule has 0 spiro atoms. The molecule has 1 aromatic rings. The molecule has 2 fully saturated rings. The zero-order valence-electron chi connectivity index (χ0n) is 11.8. The Bertz CT molecular complexity index is 635. The smallest absolute Gasteiger partial charge is 0.262 e. The van der Waals surface area contributed by atoms with E-state index in [1.54, 1.807) is 0 Å². The Balaban J connectivity index is 1.67. The molecule has 2 aliphatic rings. The summed E-state index contributed by atoms with van der Waals surface area (Å²) in [6.07, 6.45) is 2.37. The number of aliphatic hydroxyl groups excluding tert-OH is 1. The Morgan fingerprint density at radius 3 is 2.73 bits per heavy atom. The molecule has 0 aliphatic carbocycles. The molecule has 22 heavy (non-hydrogen) atoms. The number of likely N-dealkylation sites (tertiary alicyclic amines) is 1. The minimum absolute atomic E-state index is 0.0962. The van der Waals surface area contributed by atoms with Crippen molar-refractivity contribution in [1.29, 1.82) is 0 Å². The first kappa shape index (κ1) is 15.7. The Morgan fingerprint density at radius 1 is 1.41 bits per heavy atom. The first-order valence-corrected chi connectivity index (χ1v) is 8.42. The molecule has 1 N–H and O–H groups in total. The minimum Gasteiger partial charge on any atom is -0.395 e. The average Bonchev–Trinajstić information content (AvgIpc) is 2.73. The van der Waals surface area contributed by atoms with Crippen molar-refractivity contribution in [3.05, 3.63) is 24.5 Å². The van der Waals surface area contributed by atoms with Crippen LogP contribution in [0.3, 0.4) is 0 Å². The monoisotopic (exact) mass is 333 g/mol. The van der Waals surface area contributed by atoms with Gasteiger partial charge in [0.15, 0.2) is 0 Å². The van der Waals surface area contributed by atoms with Crippen molar-refractivity contribution in [2.24, 2.45) is 0 Å². The van der Waals surface area contributed by atoms with Gasteiger partial charge in [0, 0.05) is 44.0 Å². The average molecular weight is 333 g/mol. The van der Waals surface area contributed by atoms with Gasteiger partial charge in [-0.1, -0.05) is 0 Å². The van der Waals surface area contributed by atoms with E-state index >= 15 is 0 Å². The highest BCUT2D eigenvalue weighted by Gasteiger charge is 2.51. The van der Waals surface area contributed by atoms with Crippen molar-refractivity contribution in [2.45, 2.75) is 29.3 Å². The third kappa shape index (κ3) is 2.73. The van der Waals surface area contributed by atoms with Crippen LogP contribution >= 0.6 is 0 Å². The second-order valence-corrected chi connectivity index (χ2v) is 7.67. The minimum atomic E-state index is -3.62. The Kier molecular flexibility index (Phi) is 3.92. The number of pyridine rings is 1. The van der Waals surface area contributed by atoms with Gasteiger partial charge in [-0.2, -0.15) is 4.31 Å². The summed E-state index contributed by atoms with van der Waals surface area (Å²) in [5, 5.41) is 9.23. The van der Waals surface area contributed by atoms with Crippen LogP contribution in [0.1, 0.15) is 6.42 Å². The molecule has 0 saturated carbocycles. The van der Waals surface area contributed by atoms with Crippen LogP contribution in [-0.2, 0) is 10.0 Å². The maximum Gasteiger partial charge on any atom is 0.262 e. The van der Waals surface area contributed by atoms with Crippen LogP contribution in [0, 0.1) is 0 Å². The van der Waals surface area contributed by atoms with Gasteiger partial charge in [0.2, 0.25) is 10.0 Å². The molecule has 0 bridgehead atoms. The molecule has 3 rings (SSSR count). The van der Waals surface area contributed by atoms with E-state index in [4.69, 9.17) is 0 Å². The molecule has 0 unspecified atom stereocenters. The van der Waals surface area contributed by atoms with E-state index < -0.39 is 28.5 Å². The third-order valence-corrected chi connectivity index (χ3v) is 6.01. The number of alkyl halides is 2. The molecule has 2 saturated heterocycles. The summed E-state index contributed by atoms with van der Waals surface area (Å²) in [7, 11) is -3.62. The highest BCUT2D eigenvalue weighted by molar-refractivity contribution is 7.89. The fourth-order valence-electron chi connectivity index (χ4n) is 2.99. The van der Waals surface area contributed by atoms with E-state index in [0.717, 1.165) is 0 Å². The molecule has 122 valence electrons. The summed E-state index contributed by atoms with van der Waals surface area (Å²) in [6.45, 7) is -0.460.